The topological polar surface area (TPSA) is 55.2 Å². The van der Waals surface area contributed by atoms with Crippen molar-refractivity contribution in [3.05, 3.63) is 50.7 Å². The summed E-state index contributed by atoms with van der Waals surface area (Å²) in [6, 6.07) is 11.8. The number of thiophene rings is 1. The molecule has 2 aromatic heterocycles. The highest BCUT2D eigenvalue weighted by Crippen LogP contribution is 2.23. The minimum absolute atomic E-state index is 0.0498. The Bertz CT molecular complexity index is 1010. The molecular weight excluding hydrogens is 424 g/mol. The van der Waals surface area contributed by atoms with Crippen LogP contribution in [0.4, 0.5) is 0 Å². The third kappa shape index (κ3) is 3.95. The summed E-state index contributed by atoms with van der Waals surface area (Å²) >= 11 is 4.86. The van der Waals surface area contributed by atoms with Crippen molar-refractivity contribution in [3.8, 4) is 0 Å². The number of carbonyl (C=O) groups is 1. The van der Waals surface area contributed by atoms with E-state index in [1.165, 1.54) is 43.7 Å². The molecule has 142 valence electrons. The van der Waals surface area contributed by atoms with E-state index in [1.807, 2.05) is 34.9 Å². The first-order valence-corrected chi connectivity index (χ1v) is 11.1. The number of piperidine rings is 1. The monoisotopic (exact) mass is 447 g/mol. The molecular formula is C20H24BrN4OS+. The van der Waals surface area contributed by atoms with Crippen LogP contribution in [0.1, 0.15) is 28.9 Å². The summed E-state index contributed by atoms with van der Waals surface area (Å²) < 4.78 is 4.86. The molecule has 4 rings (SSSR count). The number of ketones is 1. The van der Waals surface area contributed by atoms with Crippen molar-refractivity contribution in [1.29, 1.82) is 5.41 Å². The van der Waals surface area contributed by atoms with Gasteiger partial charge in [0.05, 0.1) is 52.4 Å². The highest BCUT2D eigenvalue weighted by molar-refractivity contribution is 9.11. The fourth-order valence-corrected chi connectivity index (χ4v) is 5.25. The number of quaternary nitrogens is 1. The molecule has 1 saturated heterocycles. The van der Waals surface area contributed by atoms with Crippen molar-refractivity contribution in [3.63, 3.8) is 0 Å². The molecule has 3 heterocycles. The number of benzene rings is 1. The van der Waals surface area contributed by atoms with Crippen LogP contribution < -0.4 is 10.5 Å². The van der Waals surface area contributed by atoms with Crippen LogP contribution in [0.5, 0.6) is 0 Å². The number of nitrogens with zero attached hydrogens (tertiary/aromatic N) is 2. The lowest BCUT2D eigenvalue weighted by Gasteiger charge is -2.23. The van der Waals surface area contributed by atoms with Crippen molar-refractivity contribution < 1.29 is 9.69 Å². The smallest absolute Gasteiger partial charge is 0.203 e. The summed E-state index contributed by atoms with van der Waals surface area (Å²) in [6.45, 7) is 4.53. The normalized spacial score (nSPS) is 15.4. The number of hydrogen-bond acceptors (Lipinski definition) is 3. The number of hydrogen-bond donors (Lipinski definition) is 2. The molecule has 7 heteroatoms. The standard InChI is InChI=1S/C20H23BrN4OS/c21-19-9-8-18(27-19)17(26)14-25-16-7-3-2-6-15(16)24(20(25)22)13-12-23-10-4-1-5-11-23/h2-3,6-9,22H,1,4-5,10-14H2/p+1. The maximum atomic E-state index is 12.7. The Kier molecular flexibility index (Phi) is 5.61. The van der Waals surface area contributed by atoms with Crippen molar-refractivity contribution in [2.75, 3.05) is 19.6 Å². The Labute approximate surface area is 170 Å². The van der Waals surface area contributed by atoms with Gasteiger partial charge in [-0.1, -0.05) is 12.1 Å². The van der Waals surface area contributed by atoms with Crippen LogP contribution in [0.25, 0.3) is 11.0 Å². The summed E-state index contributed by atoms with van der Waals surface area (Å²) in [6.07, 6.45) is 3.96. The van der Waals surface area contributed by atoms with Crippen LogP contribution in [0.3, 0.4) is 0 Å². The van der Waals surface area contributed by atoms with E-state index in [-0.39, 0.29) is 12.3 Å². The average Bonchev–Trinajstić information content (AvgIpc) is 3.23. The predicted octanol–water partition coefficient (Wildman–Crippen LogP) is 2.70. The number of aromatic nitrogens is 2. The van der Waals surface area contributed by atoms with E-state index in [2.05, 4.69) is 26.6 Å². The number of imidazole rings is 1. The molecule has 0 saturated carbocycles. The number of Topliss-reactive ketones (excluding diaryl/α,β-unsaturated/α-hetero) is 1. The van der Waals surface area contributed by atoms with Gasteiger partial charge in [-0.15, -0.1) is 11.3 Å². The largest absolute Gasteiger partial charge is 0.333 e. The third-order valence-electron chi connectivity index (χ3n) is 5.37. The molecule has 0 aliphatic carbocycles. The minimum Gasteiger partial charge on any atom is -0.333 e. The molecule has 1 fully saturated rings. The number of likely N-dealkylation sites (tertiary alicyclic amines) is 1. The first kappa shape index (κ1) is 18.7. The molecule has 1 aliphatic rings. The van der Waals surface area contributed by atoms with Gasteiger partial charge >= 0.3 is 0 Å². The van der Waals surface area contributed by atoms with E-state index in [4.69, 9.17) is 5.41 Å². The number of para-hydroxylation sites is 2. The molecule has 0 radical (unpaired) electrons. The second-order valence-corrected chi connectivity index (χ2v) is 9.60. The Morgan fingerprint density at radius 2 is 1.78 bits per heavy atom. The molecule has 1 aliphatic heterocycles. The van der Waals surface area contributed by atoms with Crippen LogP contribution in [-0.2, 0) is 13.1 Å². The Morgan fingerprint density at radius 3 is 2.44 bits per heavy atom. The zero-order chi connectivity index (χ0) is 18.8. The van der Waals surface area contributed by atoms with Gasteiger partial charge in [0.25, 0.3) is 0 Å². The van der Waals surface area contributed by atoms with Gasteiger partial charge in [-0.05, 0) is 59.5 Å². The van der Waals surface area contributed by atoms with Gasteiger partial charge in [0.1, 0.15) is 0 Å². The number of rotatable bonds is 6. The molecule has 0 unspecified atom stereocenters. The Balaban J connectivity index is 1.62. The summed E-state index contributed by atoms with van der Waals surface area (Å²) in [5, 5.41) is 8.71. The molecule has 0 spiro atoms. The fourth-order valence-electron chi connectivity index (χ4n) is 3.94. The lowest BCUT2D eigenvalue weighted by Crippen LogP contribution is -3.13. The number of nitrogens with one attached hydrogen (secondary N) is 2. The van der Waals surface area contributed by atoms with Crippen molar-refractivity contribution in [2.24, 2.45) is 0 Å². The molecule has 5 nitrogen and oxygen atoms in total. The highest BCUT2D eigenvalue weighted by atomic mass is 79.9. The zero-order valence-corrected chi connectivity index (χ0v) is 17.6. The van der Waals surface area contributed by atoms with E-state index in [0.29, 0.717) is 5.62 Å². The van der Waals surface area contributed by atoms with E-state index in [0.717, 1.165) is 32.8 Å². The molecule has 3 aromatic rings. The molecule has 1 aromatic carbocycles. The second-order valence-electron chi connectivity index (χ2n) is 7.14. The van der Waals surface area contributed by atoms with Gasteiger partial charge in [-0.2, -0.15) is 0 Å². The Hall–Kier alpha value is -1.70. The number of carbonyl (C=O) groups excluding carboxylic acids is 1. The van der Waals surface area contributed by atoms with Gasteiger partial charge in [-0.25, -0.2) is 0 Å². The van der Waals surface area contributed by atoms with Crippen molar-refractivity contribution >= 4 is 44.1 Å². The predicted molar refractivity (Wildman–Crippen MR) is 112 cm³/mol. The summed E-state index contributed by atoms with van der Waals surface area (Å²) in [4.78, 5) is 15.1. The lowest BCUT2D eigenvalue weighted by molar-refractivity contribution is -0.905. The van der Waals surface area contributed by atoms with Gasteiger partial charge in [0, 0.05) is 0 Å². The first-order chi connectivity index (χ1) is 13.1. The highest BCUT2D eigenvalue weighted by Gasteiger charge is 2.18. The van der Waals surface area contributed by atoms with E-state index >= 15 is 0 Å². The second kappa shape index (κ2) is 8.12. The van der Waals surface area contributed by atoms with E-state index < -0.39 is 0 Å². The molecule has 2 N–H and O–H groups in total. The fraction of sp³-hybridized carbons (Fsp3) is 0.400. The maximum absolute atomic E-state index is 12.7. The van der Waals surface area contributed by atoms with Crippen LogP contribution in [0.2, 0.25) is 0 Å². The quantitative estimate of drug-likeness (QED) is 0.560. The molecule has 0 bridgehead atoms. The lowest BCUT2D eigenvalue weighted by atomic mass is 10.1. The van der Waals surface area contributed by atoms with Crippen molar-refractivity contribution in [1.82, 2.24) is 9.13 Å². The number of halogens is 1. The van der Waals surface area contributed by atoms with Crippen LogP contribution >= 0.6 is 27.3 Å². The van der Waals surface area contributed by atoms with Crippen LogP contribution in [0, 0.1) is 5.41 Å². The van der Waals surface area contributed by atoms with E-state index in [1.54, 1.807) is 4.90 Å². The van der Waals surface area contributed by atoms with Gasteiger partial charge < -0.3 is 14.0 Å². The average molecular weight is 448 g/mol. The molecule has 0 amide bonds. The van der Waals surface area contributed by atoms with Crippen molar-refractivity contribution in [2.45, 2.75) is 32.4 Å². The number of fused-ring (bicyclic) bond motifs is 1. The third-order valence-corrected chi connectivity index (χ3v) is 7.04. The van der Waals surface area contributed by atoms with Gasteiger partial charge in [-0.3, -0.25) is 10.2 Å². The first-order valence-electron chi connectivity index (χ1n) is 9.48. The van der Waals surface area contributed by atoms with Crippen LogP contribution in [0.15, 0.2) is 40.2 Å². The summed E-state index contributed by atoms with van der Waals surface area (Å²) in [5.41, 5.74) is 2.41. The van der Waals surface area contributed by atoms with Crippen LogP contribution in [-0.4, -0.2) is 34.6 Å². The van der Waals surface area contributed by atoms with Gasteiger partial charge in [0.15, 0.2) is 5.78 Å². The SMILES string of the molecule is N=c1n(CC[NH+]2CCCCC2)c2ccccc2n1CC(=O)c1ccc(Br)s1. The zero-order valence-electron chi connectivity index (χ0n) is 15.2. The van der Waals surface area contributed by atoms with E-state index in [9.17, 15) is 4.79 Å². The summed E-state index contributed by atoms with van der Waals surface area (Å²) in [7, 11) is 0. The Morgan fingerprint density at radius 1 is 1.07 bits per heavy atom. The molecule has 27 heavy (non-hydrogen) atoms. The van der Waals surface area contributed by atoms with Gasteiger partial charge in [0.2, 0.25) is 5.62 Å². The minimum atomic E-state index is 0.0498. The summed E-state index contributed by atoms with van der Waals surface area (Å²) in [5.74, 6) is 0.0498. The molecule has 0 atom stereocenters. The maximum Gasteiger partial charge on any atom is 0.203 e.